The van der Waals surface area contributed by atoms with Crippen molar-refractivity contribution in [2.24, 2.45) is 17.6 Å². The Bertz CT molecular complexity index is 965. The van der Waals surface area contributed by atoms with E-state index in [1.165, 1.54) is 0 Å². The number of rotatable bonds is 8. The maximum absolute atomic E-state index is 12.8. The molecule has 0 bridgehead atoms. The number of hydrogen-bond donors (Lipinski definition) is 3. The summed E-state index contributed by atoms with van der Waals surface area (Å²) >= 11 is 0. The summed E-state index contributed by atoms with van der Waals surface area (Å²) in [5.41, 5.74) is 5.82. The Kier molecular flexibility index (Phi) is 8.13. The number of benzene rings is 2. The third-order valence-corrected chi connectivity index (χ3v) is 4.82. The summed E-state index contributed by atoms with van der Waals surface area (Å²) in [5.74, 6) is -2.58. The molecule has 31 heavy (non-hydrogen) atoms. The standard InChI is InChI=1S/C23H29N3O5/c1-13(2)19(22(29)31-20(14(3)4)21(28)26-23(24)30)25-18(27)12-16-10-7-9-15-8-5-6-11-17(15)16/h5-11,13-14,19-20H,12H2,1-4H3,(H,25,27)(H3,24,26,28,30)/t19-,20-/m0/s1. The molecule has 0 radical (unpaired) electrons. The van der Waals surface area contributed by atoms with E-state index < -0.39 is 36.0 Å². The van der Waals surface area contributed by atoms with Crippen molar-refractivity contribution < 1.29 is 23.9 Å². The van der Waals surface area contributed by atoms with Crippen LogP contribution >= 0.6 is 0 Å². The molecule has 2 rings (SSSR count). The van der Waals surface area contributed by atoms with Crippen LogP contribution in [0.15, 0.2) is 42.5 Å². The molecule has 0 heterocycles. The van der Waals surface area contributed by atoms with Gasteiger partial charge in [0.1, 0.15) is 6.04 Å². The van der Waals surface area contributed by atoms with Gasteiger partial charge in [-0.15, -0.1) is 0 Å². The van der Waals surface area contributed by atoms with Gasteiger partial charge in [0.2, 0.25) is 5.91 Å². The predicted octanol–water partition coefficient (Wildman–Crippen LogP) is 2.29. The summed E-state index contributed by atoms with van der Waals surface area (Å²) in [6.45, 7) is 6.86. The number of esters is 1. The van der Waals surface area contributed by atoms with E-state index >= 15 is 0 Å². The molecular weight excluding hydrogens is 398 g/mol. The largest absolute Gasteiger partial charge is 0.450 e. The van der Waals surface area contributed by atoms with Crippen LogP contribution in [0.1, 0.15) is 33.3 Å². The first-order valence-electron chi connectivity index (χ1n) is 10.2. The molecule has 4 amide bonds. The van der Waals surface area contributed by atoms with Gasteiger partial charge in [0.15, 0.2) is 6.10 Å². The van der Waals surface area contributed by atoms with E-state index in [-0.39, 0.29) is 18.2 Å². The van der Waals surface area contributed by atoms with E-state index in [1.807, 2.05) is 47.8 Å². The van der Waals surface area contributed by atoms with E-state index in [2.05, 4.69) is 5.32 Å². The lowest BCUT2D eigenvalue weighted by Crippen LogP contribution is -2.50. The lowest BCUT2D eigenvalue weighted by Gasteiger charge is -2.25. The minimum atomic E-state index is -1.21. The molecule has 2 aromatic rings. The highest BCUT2D eigenvalue weighted by atomic mass is 16.6. The number of urea groups is 1. The van der Waals surface area contributed by atoms with Crippen LogP contribution in [0, 0.1) is 11.8 Å². The molecule has 166 valence electrons. The summed E-state index contributed by atoms with van der Waals surface area (Å²) in [7, 11) is 0. The zero-order valence-corrected chi connectivity index (χ0v) is 18.2. The van der Waals surface area contributed by atoms with Crippen LogP contribution in [-0.2, 0) is 25.5 Å². The Morgan fingerprint density at radius 3 is 2.19 bits per heavy atom. The van der Waals surface area contributed by atoms with Crippen LogP contribution in [0.2, 0.25) is 0 Å². The van der Waals surface area contributed by atoms with Crippen molar-refractivity contribution in [2.45, 2.75) is 46.3 Å². The third kappa shape index (κ3) is 6.53. The lowest BCUT2D eigenvalue weighted by atomic mass is 10.0. The van der Waals surface area contributed by atoms with Gasteiger partial charge in [-0.2, -0.15) is 0 Å². The normalized spacial score (nSPS) is 13.0. The molecule has 0 aliphatic rings. The van der Waals surface area contributed by atoms with E-state index in [1.54, 1.807) is 27.7 Å². The molecule has 0 fully saturated rings. The Balaban J connectivity index is 2.12. The van der Waals surface area contributed by atoms with Crippen molar-refractivity contribution in [1.82, 2.24) is 10.6 Å². The third-order valence-electron chi connectivity index (χ3n) is 4.82. The Labute approximate surface area is 181 Å². The number of hydrogen-bond acceptors (Lipinski definition) is 5. The highest BCUT2D eigenvalue weighted by Crippen LogP contribution is 2.19. The summed E-state index contributed by atoms with van der Waals surface area (Å²) in [4.78, 5) is 48.6. The molecule has 0 unspecified atom stereocenters. The minimum absolute atomic E-state index is 0.0909. The van der Waals surface area contributed by atoms with E-state index in [0.717, 1.165) is 16.3 Å². The first-order valence-corrected chi connectivity index (χ1v) is 10.2. The number of nitrogens with one attached hydrogen (secondary N) is 2. The predicted molar refractivity (Wildman–Crippen MR) is 117 cm³/mol. The summed E-state index contributed by atoms with van der Waals surface area (Å²) in [6, 6.07) is 11.5. The number of carbonyl (C=O) groups excluding carboxylic acids is 4. The topological polar surface area (TPSA) is 128 Å². The van der Waals surface area contributed by atoms with Gasteiger partial charge in [0, 0.05) is 0 Å². The zero-order chi connectivity index (χ0) is 23.1. The summed E-state index contributed by atoms with van der Waals surface area (Å²) < 4.78 is 5.35. The van der Waals surface area contributed by atoms with Crippen LogP contribution in [0.25, 0.3) is 10.8 Å². The van der Waals surface area contributed by atoms with Crippen LogP contribution < -0.4 is 16.4 Å². The molecule has 0 aliphatic carbocycles. The average molecular weight is 428 g/mol. The van der Waals surface area contributed by atoms with E-state index in [4.69, 9.17) is 10.5 Å². The number of imide groups is 1. The second-order valence-electron chi connectivity index (χ2n) is 8.06. The van der Waals surface area contributed by atoms with Crippen molar-refractivity contribution >= 4 is 34.6 Å². The van der Waals surface area contributed by atoms with Crippen molar-refractivity contribution in [3.63, 3.8) is 0 Å². The molecule has 0 saturated carbocycles. The monoisotopic (exact) mass is 427 g/mol. The van der Waals surface area contributed by atoms with Crippen LogP contribution in [0.3, 0.4) is 0 Å². The van der Waals surface area contributed by atoms with Gasteiger partial charge in [-0.25, -0.2) is 9.59 Å². The molecule has 0 spiro atoms. The Hall–Kier alpha value is -3.42. The number of primary amides is 1. The van der Waals surface area contributed by atoms with Gasteiger partial charge in [-0.1, -0.05) is 70.2 Å². The first-order chi connectivity index (χ1) is 14.6. The molecule has 8 nitrogen and oxygen atoms in total. The molecule has 8 heteroatoms. The molecule has 0 aliphatic heterocycles. The van der Waals surface area contributed by atoms with Crippen molar-refractivity contribution in [1.29, 1.82) is 0 Å². The fourth-order valence-corrected chi connectivity index (χ4v) is 3.23. The quantitative estimate of drug-likeness (QED) is 0.557. The number of amides is 4. The number of nitrogens with two attached hydrogens (primary N) is 1. The smallest absolute Gasteiger partial charge is 0.329 e. The van der Waals surface area contributed by atoms with Gasteiger partial charge >= 0.3 is 12.0 Å². The fourth-order valence-electron chi connectivity index (χ4n) is 3.23. The van der Waals surface area contributed by atoms with Gasteiger partial charge < -0.3 is 15.8 Å². The van der Waals surface area contributed by atoms with E-state index in [9.17, 15) is 19.2 Å². The molecule has 2 atom stereocenters. The summed E-state index contributed by atoms with van der Waals surface area (Å²) in [5, 5.41) is 6.63. The lowest BCUT2D eigenvalue weighted by molar-refractivity contribution is -0.162. The zero-order valence-electron chi connectivity index (χ0n) is 18.2. The average Bonchev–Trinajstić information content (AvgIpc) is 2.69. The molecule has 0 aromatic heterocycles. The highest BCUT2D eigenvalue weighted by molar-refractivity contribution is 5.97. The van der Waals surface area contributed by atoms with Crippen LogP contribution in [0.5, 0.6) is 0 Å². The SMILES string of the molecule is CC(C)[C@H](NC(=O)Cc1cccc2ccccc12)C(=O)O[C@H](C(=O)NC(N)=O)C(C)C. The van der Waals surface area contributed by atoms with E-state index in [0.29, 0.717) is 0 Å². The van der Waals surface area contributed by atoms with Crippen molar-refractivity contribution in [3.8, 4) is 0 Å². The Morgan fingerprint density at radius 2 is 1.58 bits per heavy atom. The number of fused-ring (bicyclic) bond motifs is 1. The van der Waals surface area contributed by atoms with Crippen LogP contribution in [-0.4, -0.2) is 36.0 Å². The molecule has 0 saturated heterocycles. The van der Waals surface area contributed by atoms with Gasteiger partial charge in [-0.05, 0) is 28.2 Å². The summed E-state index contributed by atoms with van der Waals surface area (Å²) in [6.07, 6.45) is -1.12. The number of ether oxygens (including phenoxy) is 1. The first kappa shape index (κ1) is 23.9. The van der Waals surface area contributed by atoms with Gasteiger partial charge in [-0.3, -0.25) is 14.9 Å². The molecule has 2 aromatic carbocycles. The second kappa shape index (κ2) is 10.6. The van der Waals surface area contributed by atoms with Crippen molar-refractivity contribution in [3.05, 3.63) is 48.0 Å². The highest BCUT2D eigenvalue weighted by Gasteiger charge is 2.33. The number of carbonyl (C=O) groups is 4. The second-order valence-corrected chi connectivity index (χ2v) is 8.06. The van der Waals surface area contributed by atoms with Gasteiger partial charge in [0.05, 0.1) is 6.42 Å². The maximum Gasteiger partial charge on any atom is 0.329 e. The van der Waals surface area contributed by atoms with Crippen molar-refractivity contribution in [2.75, 3.05) is 0 Å². The van der Waals surface area contributed by atoms with Gasteiger partial charge in [0.25, 0.3) is 5.91 Å². The minimum Gasteiger partial charge on any atom is -0.450 e. The molecule has 4 N–H and O–H groups in total. The molecular formula is C23H29N3O5. The van der Waals surface area contributed by atoms with Crippen LogP contribution in [0.4, 0.5) is 4.79 Å². The maximum atomic E-state index is 12.8. The Morgan fingerprint density at radius 1 is 0.935 bits per heavy atom. The fraction of sp³-hybridized carbons (Fsp3) is 0.391.